The Balaban J connectivity index is 4.03. The summed E-state index contributed by atoms with van der Waals surface area (Å²) in [6, 6.07) is 0.0467. The van der Waals surface area contributed by atoms with E-state index in [2.05, 4.69) is 5.43 Å². The van der Waals surface area contributed by atoms with E-state index >= 15 is 0 Å². The highest BCUT2D eigenvalue weighted by Crippen LogP contribution is 2.01. The number of nitrogens with zero attached hydrogens (tertiary/aromatic N) is 1. The Hall–Kier alpha value is -0.770. The normalized spacial score (nSPS) is 12.4. The zero-order valence-corrected chi connectivity index (χ0v) is 7.42. The average molecular weight is 159 g/mol. The van der Waals surface area contributed by atoms with Gasteiger partial charge in [0, 0.05) is 12.6 Å². The number of rotatable bonds is 3. The monoisotopic (exact) mass is 159 g/mol. The Labute approximate surface area is 67.7 Å². The van der Waals surface area contributed by atoms with Crippen LogP contribution in [0.3, 0.4) is 0 Å². The molecule has 4 nitrogen and oxygen atoms in total. The molecule has 0 saturated heterocycles. The predicted molar refractivity (Wildman–Crippen MR) is 44.9 cm³/mol. The highest BCUT2D eigenvalue weighted by Gasteiger charge is 2.14. The summed E-state index contributed by atoms with van der Waals surface area (Å²) in [6.07, 6.45) is 0.946. The van der Waals surface area contributed by atoms with Crippen molar-refractivity contribution in [3.63, 3.8) is 0 Å². The molecule has 0 saturated carbocycles. The fourth-order valence-corrected chi connectivity index (χ4v) is 0.959. The van der Waals surface area contributed by atoms with Crippen LogP contribution in [0, 0.1) is 0 Å². The number of hydrogen-bond donors (Lipinski definition) is 2. The van der Waals surface area contributed by atoms with Gasteiger partial charge in [-0.1, -0.05) is 6.92 Å². The third-order valence-corrected chi connectivity index (χ3v) is 1.85. The Morgan fingerprint density at radius 1 is 1.64 bits per heavy atom. The van der Waals surface area contributed by atoms with Gasteiger partial charge in [0.05, 0.1) is 0 Å². The standard InChI is InChI=1S/C7H17N3O/c1-4-6(3)10(5-2)7(11)9-8/h6H,4-5,8H2,1-3H3,(H,9,11). The van der Waals surface area contributed by atoms with Crippen molar-refractivity contribution < 1.29 is 4.79 Å². The van der Waals surface area contributed by atoms with Gasteiger partial charge >= 0.3 is 6.03 Å². The molecule has 0 aromatic carbocycles. The van der Waals surface area contributed by atoms with Gasteiger partial charge in [0.15, 0.2) is 0 Å². The van der Waals surface area contributed by atoms with Crippen molar-refractivity contribution in [2.75, 3.05) is 6.54 Å². The van der Waals surface area contributed by atoms with Crippen LogP contribution in [0.15, 0.2) is 0 Å². The lowest BCUT2D eigenvalue weighted by Crippen LogP contribution is -2.47. The molecule has 0 rings (SSSR count). The van der Waals surface area contributed by atoms with E-state index in [1.807, 2.05) is 20.8 Å². The van der Waals surface area contributed by atoms with Crippen molar-refractivity contribution in [1.29, 1.82) is 0 Å². The topological polar surface area (TPSA) is 58.4 Å². The molecule has 11 heavy (non-hydrogen) atoms. The SMILES string of the molecule is CCC(C)N(CC)C(=O)NN. The van der Waals surface area contributed by atoms with Crippen molar-refractivity contribution in [2.45, 2.75) is 33.2 Å². The zero-order valence-electron chi connectivity index (χ0n) is 7.42. The zero-order chi connectivity index (χ0) is 8.85. The molecule has 0 aliphatic carbocycles. The quantitative estimate of drug-likeness (QED) is 0.361. The summed E-state index contributed by atoms with van der Waals surface area (Å²) in [5.41, 5.74) is 2.12. The van der Waals surface area contributed by atoms with Crippen LogP contribution in [0.25, 0.3) is 0 Å². The molecule has 3 N–H and O–H groups in total. The summed E-state index contributed by atoms with van der Waals surface area (Å²) in [4.78, 5) is 12.7. The molecular formula is C7H17N3O. The maximum absolute atomic E-state index is 11.0. The molecule has 1 unspecified atom stereocenters. The first-order chi connectivity index (χ1) is 5.17. The van der Waals surface area contributed by atoms with Gasteiger partial charge in [-0.15, -0.1) is 0 Å². The molecule has 0 heterocycles. The first-order valence-electron chi connectivity index (χ1n) is 3.94. The lowest BCUT2D eigenvalue weighted by Gasteiger charge is -2.26. The maximum atomic E-state index is 11.0. The molecule has 0 aliphatic heterocycles. The summed E-state index contributed by atoms with van der Waals surface area (Å²) in [6.45, 7) is 6.66. The van der Waals surface area contributed by atoms with E-state index < -0.39 is 0 Å². The number of carbonyl (C=O) groups excluding carboxylic acids is 1. The first kappa shape index (κ1) is 10.2. The average Bonchev–Trinajstić information content (AvgIpc) is 2.05. The van der Waals surface area contributed by atoms with Crippen molar-refractivity contribution >= 4 is 6.03 Å². The number of nitrogens with two attached hydrogens (primary N) is 1. The Bertz CT molecular complexity index is 127. The number of carbonyl (C=O) groups is 1. The van der Waals surface area contributed by atoms with Crippen LogP contribution in [0.4, 0.5) is 4.79 Å². The van der Waals surface area contributed by atoms with Gasteiger partial charge in [-0.2, -0.15) is 0 Å². The van der Waals surface area contributed by atoms with Crippen LogP contribution < -0.4 is 11.3 Å². The largest absolute Gasteiger partial charge is 0.331 e. The number of nitrogens with one attached hydrogen (secondary N) is 1. The van der Waals surface area contributed by atoms with Crippen molar-refractivity contribution in [3.8, 4) is 0 Å². The van der Waals surface area contributed by atoms with E-state index in [1.54, 1.807) is 4.90 Å². The van der Waals surface area contributed by atoms with Crippen LogP contribution in [-0.4, -0.2) is 23.5 Å². The van der Waals surface area contributed by atoms with Gasteiger partial charge in [0.1, 0.15) is 0 Å². The molecule has 0 fully saturated rings. The smallest absolute Gasteiger partial charge is 0.321 e. The van der Waals surface area contributed by atoms with E-state index in [9.17, 15) is 4.79 Å². The van der Waals surface area contributed by atoms with Gasteiger partial charge in [-0.3, -0.25) is 5.43 Å². The molecule has 0 aromatic rings. The number of hydrazine groups is 1. The minimum Gasteiger partial charge on any atom is -0.321 e. The second-order valence-electron chi connectivity index (χ2n) is 2.49. The van der Waals surface area contributed by atoms with E-state index in [-0.39, 0.29) is 12.1 Å². The summed E-state index contributed by atoms with van der Waals surface area (Å²) in [5, 5.41) is 0. The highest BCUT2D eigenvalue weighted by atomic mass is 16.2. The van der Waals surface area contributed by atoms with Crippen LogP contribution >= 0.6 is 0 Å². The Kier molecular flexibility index (Phi) is 4.61. The Morgan fingerprint density at radius 2 is 2.18 bits per heavy atom. The summed E-state index contributed by atoms with van der Waals surface area (Å²) in [7, 11) is 0. The predicted octanol–water partition coefficient (Wildman–Crippen LogP) is 0.690. The molecule has 0 radical (unpaired) electrons. The molecule has 0 bridgehead atoms. The number of amides is 2. The number of hydrogen-bond acceptors (Lipinski definition) is 2. The Morgan fingerprint density at radius 3 is 2.45 bits per heavy atom. The first-order valence-corrected chi connectivity index (χ1v) is 3.94. The van der Waals surface area contributed by atoms with E-state index in [4.69, 9.17) is 5.84 Å². The summed E-state index contributed by atoms with van der Waals surface area (Å²) < 4.78 is 0. The lowest BCUT2D eigenvalue weighted by atomic mass is 10.2. The molecule has 66 valence electrons. The summed E-state index contributed by atoms with van der Waals surface area (Å²) in [5.74, 6) is 5.00. The maximum Gasteiger partial charge on any atom is 0.331 e. The molecular weight excluding hydrogens is 142 g/mol. The van der Waals surface area contributed by atoms with E-state index in [1.165, 1.54) is 0 Å². The lowest BCUT2D eigenvalue weighted by molar-refractivity contribution is 0.181. The van der Waals surface area contributed by atoms with Crippen LogP contribution in [-0.2, 0) is 0 Å². The molecule has 2 amide bonds. The van der Waals surface area contributed by atoms with Crippen molar-refractivity contribution in [1.82, 2.24) is 10.3 Å². The number of urea groups is 1. The van der Waals surface area contributed by atoms with Gasteiger partial charge in [-0.25, -0.2) is 10.6 Å². The second kappa shape index (κ2) is 4.96. The minimum atomic E-state index is -0.207. The van der Waals surface area contributed by atoms with Gasteiger partial charge < -0.3 is 4.90 Å². The molecule has 0 aromatic heterocycles. The minimum absolute atomic E-state index is 0.207. The van der Waals surface area contributed by atoms with Crippen molar-refractivity contribution in [2.24, 2.45) is 5.84 Å². The van der Waals surface area contributed by atoms with Crippen LogP contribution in [0.5, 0.6) is 0 Å². The third-order valence-electron chi connectivity index (χ3n) is 1.85. The van der Waals surface area contributed by atoms with Crippen molar-refractivity contribution in [3.05, 3.63) is 0 Å². The van der Waals surface area contributed by atoms with Gasteiger partial charge in [-0.05, 0) is 20.3 Å². The molecule has 1 atom stereocenters. The van der Waals surface area contributed by atoms with E-state index in [0.29, 0.717) is 6.54 Å². The van der Waals surface area contributed by atoms with Gasteiger partial charge in [0.2, 0.25) is 0 Å². The fraction of sp³-hybridized carbons (Fsp3) is 0.857. The molecule has 0 spiro atoms. The van der Waals surface area contributed by atoms with E-state index in [0.717, 1.165) is 6.42 Å². The fourth-order valence-electron chi connectivity index (χ4n) is 0.959. The molecule has 0 aliphatic rings. The van der Waals surface area contributed by atoms with Crippen LogP contribution in [0.2, 0.25) is 0 Å². The van der Waals surface area contributed by atoms with Crippen LogP contribution in [0.1, 0.15) is 27.2 Å². The molecule has 4 heteroatoms. The van der Waals surface area contributed by atoms with Gasteiger partial charge in [0.25, 0.3) is 0 Å². The summed E-state index contributed by atoms with van der Waals surface area (Å²) >= 11 is 0. The highest BCUT2D eigenvalue weighted by molar-refractivity contribution is 5.73. The third kappa shape index (κ3) is 2.76. The second-order valence-corrected chi connectivity index (χ2v) is 2.49.